The highest BCUT2D eigenvalue weighted by molar-refractivity contribution is 6.42. The third kappa shape index (κ3) is 6.15. The van der Waals surface area contributed by atoms with Crippen LogP contribution in [0.25, 0.3) is 0 Å². The number of hydrogen-bond acceptors (Lipinski definition) is 5. The Balaban J connectivity index is 1.21. The average molecular weight is 638 g/mol. The molecule has 7 nitrogen and oxygen atoms in total. The van der Waals surface area contributed by atoms with E-state index in [0.717, 1.165) is 41.5 Å². The van der Waals surface area contributed by atoms with Gasteiger partial charge in [0.1, 0.15) is 24.1 Å². The van der Waals surface area contributed by atoms with Gasteiger partial charge in [0.25, 0.3) is 5.91 Å². The van der Waals surface area contributed by atoms with E-state index in [1.54, 1.807) is 24.1 Å². The van der Waals surface area contributed by atoms with Crippen LogP contribution in [0.15, 0.2) is 54.6 Å². The highest BCUT2D eigenvalue weighted by Gasteiger charge is 2.40. The quantitative estimate of drug-likeness (QED) is 0.271. The summed E-state index contributed by atoms with van der Waals surface area (Å²) in [6.45, 7) is 3.07. The Hall–Kier alpha value is -3.26. The van der Waals surface area contributed by atoms with Gasteiger partial charge < -0.3 is 19.5 Å². The Morgan fingerprint density at radius 3 is 2.45 bits per heavy atom. The molecule has 44 heavy (non-hydrogen) atoms. The first-order chi connectivity index (χ1) is 21.2. The number of benzene rings is 3. The highest BCUT2D eigenvalue weighted by atomic mass is 35.5. The van der Waals surface area contributed by atoms with Crippen LogP contribution >= 0.6 is 23.2 Å². The topological polar surface area (TPSA) is 79.3 Å². The van der Waals surface area contributed by atoms with Crippen LogP contribution in [0.3, 0.4) is 0 Å². The predicted molar refractivity (Wildman–Crippen MR) is 172 cm³/mol. The Labute approximate surface area is 268 Å². The molecule has 1 aliphatic carbocycles. The smallest absolute Gasteiger partial charge is 0.321 e. The summed E-state index contributed by atoms with van der Waals surface area (Å²) in [6, 6.07) is 16.3. The van der Waals surface area contributed by atoms with Crippen molar-refractivity contribution in [1.29, 1.82) is 0 Å². The van der Waals surface area contributed by atoms with Crippen LogP contribution in [-0.4, -0.2) is 41.0 Å². The van der Waals surface area contributed by atoms with Crippen LogP contribution in [-0.2, 0) is 29.2 Å². The molecule has 9 heteroatoms. The normalized spacial score (nSPS) is 21.3. The Morgan fingerprint density at radius 1 is 1.02 bits per heavy atom. The minimum absolute atomic E-state index is 0.183. The van der Waals surface area contributed by atoms with Gasteiger partial charge in [0, 0.05) is 25.2 Å². The second-order valence-corrected chi connectivity index (χ2v) is 13.0. The standard InChI is InChI=1S/C35H38Cl2N2O5/c1-3-29(22-7-5-4-6-8-22)39-19-25-18-32-30(16-24(25)17-31(39)35(41)42)38(2)34(40)33(44-32)23-10-12-26(13-11-23)43-20-21-9-14-27(36)28(37)15-21/h9-16,18,22,29,31,33H,3-8,17,19-20H2,1-2H3,(H,41,42)/t29-,31-,33+/m0/s1. The molecular formula is C35H38Cl2N2O5. The van der Waals surface area contributed by atoms with E-state index in [0.29, 0.717) is 52.7 Å². The van der Waals surface area contributed by atoms with Crippen LogP contribution in [0.1, 0.15) is 73.8 Å². The number of carboxylic acid groups (broad SMARTS) is 1. The molecule has 6 rings (SSSR count). The fourth-order valence-electron chi connectivity index (χ4n) is 7.13. The lowest BCUT2D eigenvalue weighted by Crippen LogP contribution is -2.53. The van der Waals surface area contributed by atoms with E-state index in [-0.39, 0.29) is 11.9 Å². The number of likely N-dealkylation sites (N-methyl/N-ethyl adjacent to an activating group) is 1. The highest BCUT2D eigenvalue weighted by Crippen LogP contribution is 2.43. The molecule has 2 heterocycles. The summed E-state index contributed by atoms with van der Waals surface area (Å²) in [6.07, 6.45) is 6.57. The lowest BCUT2D eigenvalue weighted by Gasteiger charge is -2.44. The zero-order valence-corrected chi connectivity index (χ0v) is 26.6. The number of nitrogens with zero attached hydrogens (tertiary/aromatic N) is 2. The number of ether oxygens (including phenoxy) is 2. The summed E-state index contributed by atoms with van der Waals surface area (Å²) in [7, 11) is 1.75. The maximum absolute atomic E-state index is 13.5. The van der Waals surface area contributed by atoms with Gasteiger partial charge in [0.05, 0.1) is 15.7 Å². The van der Waals surface area contributed by atoms with Gasteiger partial charge in [-0.1, -0.05) is 67.6 Å². The fourth-order valence-corrected chi connectivity index (χ4v) is 7.45. The Bertz CT molecular complexity index is 1540. The summed E-state index contributed by atoms with van der Waals surface area (Å²) in [5.74, 6) is 0.845. The number of halogens is 2. The first kappa shape index (κ1) is 30.8. The van der Waals surface area contributed by atoms with Crippen molar-refractivity contribution in [3.05, 3.63) is 86.9 Å². The minimum atomic E-state index is -0.799. The van der Waals surface area contributed by atoms with Crippen molar-refractivity contribution in [2.45, 2.75) is 83.2 Å². The van der Waals surface area contributed by atoms with Crippen molar-refractivity contribution in [2.24, 2.45) is 5.92 Å². The monoisotopic (exact) mass is 636 g/mol. The first-order valence-corrected chi connectivity index (χ1v) is 16.2. The van der Waals surface area contributed by atoms with Crippen LogP contribution in [0.2, 0.25) is 10.0 Å². The molecule has 0 aromatic heterocycles. The molecule has 3 aliphatic rings. The number of aliphatic carboxylic acids is 1. The number of rotatable bonds is 8. The van der Waals surface area contributed by atoms with E-state index in [4.69, 9.17) is 32.7 Å². The zero-order valence-electron chi connectivity index (χ0n) is 25.1. The summed E-state index contributed by atoms with van der Waals surface area (Å²) in [5, 5.41) is 11.2. The van der Waals surface area contributed by atoms with Crippen molar-refractivity contribution in [3.63, 3.8) is 0 Å². The van der Waals surface area contributed by atoms with E-state index >= 15 is 0 Å². The van der Waals surface area contributed by atoms with E-state index in [2.05, 4.69) is 11.8 Å². The average Bonchev–Trinajstić information content (AvgIpc) is 3.03. The molecule has 0 radical (unpaired) electrons. The van der Waals surface area contributed by atoms with Crippen LogP contribution in [0.5, 0.6) is 11.5 Å². The first-order valence-electron chi connectivity index (χ1n) is 15.5. The summed E-state index contributed by atoms with van der Waals surface area (Å²) < 4.78 is 12.3. The minimum Gasteiger partial charge on any atom is -0.489 e. The molecule has 0 spiro atoms. The molecule has 1 amide bonds. The third-order valence-electron chi connectivity index (χ3n) is 9.50. The van der Waals surface area contributed by atoms with Gasteiger partial charge in [-0.2, -0.15) is 0 Å². The van der Waals surface area contributed by atoms with E-state index in [1.807, 2.05) is 42.5 Å². The van der Waals surface area contributed by atoms with Crippen molar-refractivity contribution in [3.8, 4) is 11.5 Å². The number of anilines is 1. The molecule has 232 valence electrons. The molecule has 2 aliphatic heterocycles. The van der Waals surface area contributed by atoms with Crippen LogP contribution in [0.4, 0.5) is 5.69 Å². The molecule has 0 bridgehead atoms. The van der Waals surface area contributed by atoms with Gasteiger partial charge in [0.15, 0.2) is 0 Å². The summed E-state index contributed by atoms with van der Waals surface area (Å²) in [4.78, 5) is 29.8. The maximum Gasteiger partial charge on any atom is 0.321 e. The summed E-state index contributed by atoms with van der Waals surface area (Å²) in [5.41, 5.74) is 4.33. The van der Waals surface area contributed by atoms with E-state index in [1.165, 1.54) is 19.3 Å². The third-order valence-corrected chi connectivity index (χ3v) is 10.2. The van der Waals surface area contributed by atoms with Crippen molar-refractivity contribution < 1.29 is 24.2 Å². The molecule has 1 saturated carbocycles. The maximum atomic E-state index is 13.5. The molecule has 1 N–H and O–H groups in total. The van der Waals surface area contributed by atoms with Gasteiger partial charge in [-0.05, 0) is 84.7 Å². The second-order valence-electron chi connectivity index (χ2n) is 12.2. The second kappa shape index (κ2) is 13.0. The number of carbonyl (C=O) groups excluding carboxylic acids is 1. The molecule has 3 aromatic rings. The predicted octanol–water partition coefficient (Wildman–Crippen LogP) is 7.84. The van der Waals surface area contributed by atoms with Gasteiger partial charge >= 0.3 is 5.97 Å². The lowest BCUT2D eigenvalue weighted by atomic mass is 9.80. The number of amides is 1. The van der Waals surface area contributed by atoms with Gasteiger partial charge in [-0.3, -0.25) is 14.5 Å². The van der Waals surface area contributed by atoms with E-state index in [9.17, 15) is 14.7 Å². The number of fused-ring (bicyclic) bond motifs is 2. The van der Waals surface area contributed by atoms with Crippen LogP contribution in [0, 0.1) is 5.92 Å². The van der Waals surface area contributed by atoms with Crippen molar-refractivity contribution in [2.75, 3.05) is 11.9 Å². The summed E-state index contributed by atoms with van der Waals surface area (Å²) >= 11 is 12.1. The zero-order chi connectivity index (χ0) is 31.0. The van der Waals surface area contributed by atoms with Crippen molar-refractivity contribution >= 4 is 40.8 Å². The molecule has 3 aromatic carbocycles. The van der Waals surface area contributed by atoms with E-state index < -0.39 is 18.1 Å². The lowest BCUT2D eigenvalue weighted by molar-refractivity contribution is -0.146. The fraction of sp³-hybridized carbons (Fsp3) is 0.429. The SMILES string of the molecule is CC[C@@H](C1CCCCC1)N1Cc2cc3c(cc2C[C@H]1C(=O)O)N(C)C(=O)[C@@H](c1ccc(OCc2ccc(Cl)c(Cl)c2)cc1)O3. The number of hydrogen-bond donors (Lipinski definition) is 1. The Morgan fingerprint density at radius 2 is 1.77 bits per heavy atom. The largest absolute Gasteiger partial charge is 0.489 e. The van der Waals surface area contributed by atoms with Crippen LogP contribution < -0.4 is 14.4 Å². The molecular weight excluding hydrogens is 599 g/mol. The molecule has 0 saturated heterocycles. The van der Waals surface area contributed by atoms with Gasteiger partial charge in [0.2, 0.25) is 6.10 Å². The molecule has 1 fully saturated rings. The van der Waals surface area contributed by atoms with Gasteiger partial charge in [-0.25, -0.2) is 0 Å². The van der Waals surface area contributed by atoms with Gasteiger partial charge in [-0.15, -0.1) is 0 Å². The Kier molecular flexibility index (Phi) is 9.08. The number of carbonyl (C=O) groups is 2. The van der Waals surface area contributed by atoms with Crippen molar-refractivity contribution in [1.82, 2.24) is 4.90 Å². The molecule has 0 unspecified atom stereocenters. The number of carboxylic acids is 1. The molecule has 3 atom stereocenters.